The fourth-order valence-electron chi connectivity index (χ4n) is 2.96. The number of carbonyl (C=O) groups excluding carboxylic acids is 1. The molecule has 0 fully saturated rings. The molecule has 1 heterocycles. The second-order valence-corrected chi connectivity index (χ2v) is 6.12. The van der Waals surface area contributed by atoms with Gasteiger partial charge in [-0.15, -0.1) is 0 Å². The lowest BCUT2D eigenvalue weighted by Crippen LogP contribution is -2.22. The maximum atomic E-state index is 12.1. The van der Waals surface area contributed by atoms with Crippen LogP contribution >= 0.6 is 0 Å². The molecule has 130 valence electrons. The van der Waals surface area contributed by atoms with Crippen LogP contribution in [0.2, 0.25) is 0 Å². The van der Waals surface area contributed by atoms with Gasteiger partial charge in [-0.2, -0.15) is 0 Å². The molecule has 5 heteroatoms. The number of ether oxygens (including phenoxy) is 1. The first-order chi connectivity index (χ1) is 12.1. The normalized spacial score (nSPS) is 14.4. The van der Waals surface area contributed by atoms with Gasteiger partial charge in [0.25, 0.3) is 5.91 Å². The molecule has 1 aliphatic rings. The van der Waals surface area contributed by atoms with E-state index >= 15 is 0 Å². The number of benzene rings is 2. The summed E-state index contributed by atoms with van der Waals surface area (Å²) in [5, 5.41) is 6.11. The second kappa shape index (κ2) is 7.40. The lowest BCUT2D eigenvalue weighted by molar-refractivity contribution is -0.110. The molecule has 0 aliphatic carbocycles. The van der Waals surface area contributed by atoms with Crippen molar-refractivity contribution in [3.63, 3.8) is 0 Å². The first-order valence-electron chi connectivity index (χ1n) is 8.28. The number of para-hydroxylation sites is 1. The summed E-state index contributed by atoms with van der Waals surface area (Å²) in [6.45, 7) is 3.61. The van der Waals surface area contributed by atoms with Gasteiger partial charge in [0.15, 0.2) is 0 Å². The first kappa shape index (κ1) is 17.0. The molecule has 0 saturated heterocycles. The lowest BCUT2D eigenvalue weighted by Gasteiger charge is -2.21. The summed E-state index contributed by atoms with van der Waals surface area (Å²) in [5.74, 6) is -0.0821. The van der Waals surface area contributed by atoms with Crippen LogP contribution in [0.4, 0.5) is 17.1 Å². The molecule has 1 aliphatic heterocycles. The van der Waals surface area contributed by atoms with Crippen molar-refractivity contribution in [3.8, 4) is 0 Å². The third-order valence-electron chi connectivity index (χ3n) is 4.33. The van der Waals surface area contributed by atoms with E-state index in [9.17, 15) is 4.79 Å². The Morgan fingerprint density at radius 2 is 2.04 bits per heavy atom. The van der Waals surface area contributed by atoms with Crippen LogP contribution in [0.25, 0.3) is 5.57 Å². The first-order valence-corrected chi connectivity index (χ1v) is 8.28. The molecule has 0 bridgehead atoms. The zero-order chi connectivity index (χ0) is 17.8. The molecule has 0 radical (unpaired) electrons. The molecule has 0 saturated carbocycles. The van der Waals surface area contributed by atoms with E-state index in [4.69, 9.17) is 4.74 Å². The summed E-state index contributed by atoms with van der Waals surface area (Å²) in [7, 11) is 3.76. The number of amides is 1. The topological polar surface area (TPSA) is 53.6 Å². The number of hydrogen-bond donors (Lipinski definition) is 2. The highest BCUT2D eigenvalue weighted by Crippen LogP contribution is 2.31. The highest BCUT2D eigenvalue weighted by atomic mass is 16.5. The van der Waals surface area contributed by atoms with Crippen LogP contribution in [-0.2, 0) is 9.53 Å². The Hall–Kier alpha value is -2.79. The van der Waals surface area contributed by atoms with Gasteiger partial charge >= 0.3 is 0 Å². The smallest absolute Gasteiger partial charge is 0.257 e. The average Bonchev–Trinajstić information content (AvgIpc) is 2.93. The van der Waals surface area contributed by atoms with Crippen LogP contribution in [0.15, 0.2) is 48.7 Å². The van der Waals surface area contributed by atoms with Gasteiger partial charge in [0, 0.05) is 49.5 Å². The molecule has 2 aromatic rings. The van der Waals surface area contributed by atoms with Crippen molar-refractivity contribution in [2.24, 2.45) is 0 Å². The van der Waals surface area contributed by atoms with Gasteiger partial charge in [0.1, 0.15) is 0 Å². The van der Waals surface area contributed by atoms with Crippen molar-refractivity contribution in [1.29, 1.82) is 0 Å². The summed E-state index contributed by atoms with van der Waals surface area (Å²) >= 11 is 0. The van der Waals surface area contributed by atoms with Gasteiger partial charge in [-0.3, -0.25) is 4.79 Å². The van der Waals surface area contributed by atoms with E-state index in [-0.39, 0.29) is 5.91 Å². The molecular formula is C20H23N3O2. The van der Waals surface area contributed by atoms with Crippen LogP contribution in [0.3, 0.4) is 0 Å². The van der Waals surface area contributed by atoms with Crippen LogP contribution in [0.5, 0.6) is 0 Å². The highest BCUT2D eigenvalue weighted by molar-refractivity contribution is 6.31. The Kier molecular flexibility index (Phi) is 5.05. The van der Waals surface area contributed by atoms with Crippen molar-refractivity contribution in [2.75, 3.05) is 42.8 Å². The van der Waals surface area contributed by atoms with E-state index in [1.165, 1.54) is 11.3 Å². The van der Waals surface area contributed by atoms with Gasteiger partial charge < -0.3 is 20.3 Å². The predicted octanol–water partition coefficient (Wildman–Crippen LogP) is 3.48. The van der Waals surface area contributed by atoms with Gasteiger partial charge in [-0.25, -0.2) is 0 Å². The van der Waals surface area contributed by atoms with Crippen molar-refractivity contribution in [2.45, 2.75) is 6.92 Å². The molecule has 25 heavy (non-hydrogen) atoms. The molecule has 2 N–H and O–H groups in total. The van der Waals surface area contributed by atoms with Gasteiger partial charge in [-0.1, -0.05) is 18.2 Å². The van der Waals surface area contributed by atoms with Crippen molar-refractivity contribution in [3.05, 3.63) is 59.8 Å². The van der Waals surface area contributed by atoms with E-state index in [0.717, 1.165) is 23.5 Å². The standard InChI is InChI=1S/C20H23N3O2/c1-14-12-15(8-9-19(14)23(2)10-11-25-3)21-13-17-16-6-4-5-7-18(16)22-20(17)24/h4-9,12-13,21H,10-11H2,1-3H3,(H,22,24). The largest absolute Gasteiger partial charge is 0.383 e. The van der Waals surface area contributed by atoms with Crippen molar-refractivity contribution in [1.82, 2.24) is 0 Å². The number of nitrogens with one attached hydrogen (secondary N) is 2. The van der Waals surface area contributed by atoms with Gasteiger partial charge in [-0.05, 0) is 36.8 Å². The molecule has 0 aromatic heterocycles. The number of rotatable bonds is 6. The molecule has 0 atom stereocenters. The maximum absolute atomic E-state index is 12.1. The van der Waals surface area contributed by atoms with E-state index < -0.39 is 0 Å². The van der Waals surface area contributed by atoms with Crippen LogP contribution in [-0.4, -0.2) is 33.2 Å². The minimum absolute atomic E-state index is 0.0821. The van der Waals surface area contributed by atoms with Gasteiger partial charge in [0.2, 0.25) is 0 Å². The quantitative estimate of drug-likeness (QED) is 0.793. The van der Waals surface area contributed by atoms with Crippen molar-refractivity contribution < 1.29 is 9.53 Å². The summed E-state index contributed by atoms with van der Waals surface area (Å²) in [4.78, 5) is 14.3. The molecule has 1 amide bonds. The SMILES string of the molecule is COCCN(C)c1ccc(NC=C2C(=O)Nc3ccccc32)cc1C. The molecular weight excluding hydrogens is 314 g/mol. The number of carbonyl (C=O) groups is 1. The molecule has 0 unspecified atom stereocenters. The summed E-state index contributed by atoms with van der Waals surface area (Å²) < 4.78 is 5.13. The van der Waals surface area contributed by atoms with Crippen LogP contribution < -0.4 is 15.5 Å². The Morgan fingerprint density at radius 3 is 2.80 bits per heavy atom. The predicted molar refractivity (Wildman–Crippen MR) is 103 cm³/mol. The van der Waals surface area contributed by atoms with Crippen molar-refractivity contribution >= 4 is 28.5 Å². The third-order valence-corrected chi connectivity index (χ3v) is 4.33. The molecule has 3 rings (SSSR count). The number of fused-ring (bicyclic) bond motifs is 1. The second-order valence-electron chi connectivity index (χ2n) is 6.12. The maximum Gasteiger partial charge on any atom is 0.257 e. The Balaban J connectivity index is 1.76. The van der Waals surface area contributed by atoms with E-state index in [1.807, 2.05) is 30.3 Å². The molecule has 0 spiro atoms. The monoisotopic (exact) mass is 337 g/mol. The van der Waals surface area contributed by atoms with E-state index in [0.29, 0.717) is 12.2 Å². The highest BCUT2D eigenvalue weighted by Gasteiger charge is 2.23. The fraction of sp³-hybridized carbons (Fsp3) is 0.250. The number of anilines is 3. The third kappa shape index (κ3) is 3.67. The minimum Gasteiger partial charge on any atom is -0.383 e. The minimum atomic E-state index is -0.0821. The Bertz CT molecular complexity index is 814. The number of methoxy groups -OCH3 is 1. The Labute approximate surface area is 148 Å². The fourth-order valence-corrected chi connectivity index (χ4v) is 2.96. The van der Waals surface area contributed by atoms with E-state index in [1.54, 1.807) is 13.3 Å². The lowest BCUT2D eigenvalue weighted by atomic mass is 10.1. The summed E-state index contributed by atoms with van der Waals surface area (Å²) in [5.41, 5.74) is 5.71. The van der Waals surface area contributed by atoms with E-state index in [2.05, 4.69) is 41.6 Å². The molecule has 5 nitrogen and oxygen atoms in total. The summed E-state index contributed by atoms with van der Waals surface area (Å²) in [6.07, 6.45) is 1.77. The molecule has 2 aromatic carbocycles. The van der Waals surface area contributed by atoms with Gasteiger partial charge in [0.05, 0.1) is 12.2 Å². The Morgan fingerprint density at radius 1 is 1.24 bits per heavy atom. The average molecular weight is 337 g/mol. The van der Waals surface area contributed by atoms with Crippen LogP contribution in [0, 0.1) is 6.92 Å². The number of hydrogen-bond acceptors (Lipinski definition) is 4. The zero-order valence-electron chi connectivity index (χ0n) is 14.8. The van der Waals surface area contributed by atoms with Crippen LogP contribution in [0.1, 0.15) is 11.1 Å². The number of aryl methyl sites for hydroxylation is 1. The summed E-state index contributed by atoms with van der Waals surface area (Å²) in [6, 6.07) is 13.9. The zero-order valence-corrected chi connectivity index (χ0v) is 14.8. The number of nitrogens with zero attached hydrogens (tertiary/aromatic N) is 1. The number of likely N-dealkylation sites (N-methyl/N-ethyl adjacent to an activating group) is 1.